The van der Waals surface area contributed by atoms with Crippen molar-refractivity contribution in [3.63, 3.8) is 0 Å². The summed E-state index contributed by atoms with van der Waals surface area (Å²) in [5.74, 6) is 1.40. The van der Waals surface area contributed by atoms with Crippen LogP contribution in [0.2, 0.25) is 0 Å². The molecule has 5 fully saturated rings. The molecule has 1 aliphatic heterocycles. The predicted octanol–water partition coefficient (Wildman–Crippen LogP) is 6.78. The van der Waals surface area contributed by atoms with Gasteiger partial charge in [0.05, 0.1) is 24.5 Å². The van der Waals surface area contributed by atoms with E-state index in [0.29, 0.717) is 30.8 Å². The zero-order chi connectivity index (χ0) is 29.1. The van der Waals surface area contributed by atoms with Gasteiger partial charge in [0.1, 0.15) is 0 Å². The number of methoxy groups -OCH3 is 1. The smallest absolute Gasteiger partial charge is 0.312 e. The Labute approximate surface area is 242 Å². The highest BCUT2D eigenvalue weighted by Gasteiger charge is 2.69. The standard InChI is InChI=1S/C35H55NO4/c1-30(2)15-17-35(29(39)36-20-22(21-36)28(38)40-8)18-16-33(6)23(24(35)19-30)9-10-26-32(5)13-12-27(37)31(3,4)25(32)11-14-34(26,33)7/h9,22,24-27,37H,10-21H2,1-8H3/t24-,25-,26+,27-,32-,33+,34+,35-/m0/s1. The fourth-order valence-electron chi connectivity index (χ4n) is 11.9. The van der Waals surface area contributed by atoms with Gasteiger partial charge in [-0.15, -0.1) is 0 Å². The van der Waals surface area contributed by atoms with Gasteiger partial charge in [0.15, 0.2) is 0 Å². The number of aliphatic hydroxyl groups is 1. The fraction of sp³-hybridized carbons (Fsp3) is 0.886. The molecule has 1 saturated heterocycles. The van der Waals surface area contributed by atoms with E-state index in [2.05, 4.69) is 54.5 Å². The zero-order valence-electron chi connectivity index (χ0n) is 26.6. The van der Waals surface area contributed by atoms with Crippen molar-refractivity contribution in [3.8, 4) is 0 Å². The summed E-state index contributed by atoms with van der Waals surface area (Å²) < 4.78 is 4.97. The second kappa shape index (κ2) is 8.83. The van der Waals surface area contributed by atoms with Crippen LogP contribution < -0.4 is 0 Å². The lowest BCUT2D eigenvalue weighted by atomic mass is 9.33. The number of carbonyl (C=O) groups is 2. The van der Waals surface area contributed by atoms with Gasteiger partial charge in [-0.2, -0.15) is 0 Å². The van der Waals surface area contributed by atoms with Gasteiger partial charge in [-0.25, -0.2) is 0 Å². The average Bonchev–Trinajstić information content (AvgIpc) is 2.85. The Morgan fingerprint density at radius 3 is 2.25 bits per heavy atom. The maximum Gasteiger partial charge on any atom is 0.312 e. The van der Waals surface area contributed by atoms with E-state index in [9.17, 15) is 14.7 Å². The molecule has 8 atom stereocenters. The number of amides is 1. The van der Waals surface area contributed by atoms with E-state index in [4.69, 9.17) is 4.74 Å². The number of carbonyl (C=O) groups excluding carboxylic acids is 2. The van der Waals surface area contributed by atoms with E-state index < -0.39 is 0 Å². The highest BCUT2D eigenvalue weighted by Crippen LogP contribution is 2.75. The number of nitrogens with zero attached hydrogens (tertiary/aromatic N) is 1. The summed E-state index contributed by atoms with van der Waals surface area (Å²) in [5.41, 5.74) is 1.98. The van der Waals surface area contributed by atoms with Crippen LogP contribution in [0.4, 0.5) is 0 Å². The molecule has 0 aromatic rings. The lowest BCUT2D eigenvalue weighted by Crippen LogP contribution is -2.66. The minimum absolute atomic E-state index is 0.0416. The largest absolute Gasteiger partial charge is 0.469 e. The van der Waals surface area contributed by atoms with E-state index in [1.165, 1.54) is 20.0 Å². The Morgan fingerprint density at radius 1 is 0.900 bits per heavy atom. The van der Waals surface area contributed by atoms with Gasteiger partial charge in [-0.3, -0.25) is 9.59 Å². The molecule has 224 valence electrons. The van der Waals surface area contributed by atoms with E-state index >= 15 is 0 Å². The molecule has 4 saturated carbocycles. The van der Waals surface area contributed by atoms with Crippen LogP contribution in [0.25, 0.3) is 0 Å². The Kier molecular flexibility index (Phi) is 6.35. The monoisotopic (exact) mass is 553 g/mol. The minimum atomic E-state index is -0.330. The number of rotatable bonds is 2. The molecule has 5 heteroatoms. The first-order valence-corrected chi connectivity index (χ1v) is 16.3. The van der Waals surface area contributed by atoms with Crippen molar-refractivity contribution in [3.05, 3.63) is 11.6 Å². The van der Waals surface area contributed by atoms with Gasteiger partial charge in [0, 0.05) is 13.1 Å². The van der Waals surface area contributed by atoms with Crippen molar-refractivity contribution >= 4 is 11.9 Å². The molecule has 0 aromatic heterocycles. The Bertz CT molecular complexity index is 1120. The van der Waals surface area contributed by atoms with Crippen LogP contribution in [-0.2, 0) is 14.3 Å². The summed E-state index contributed by atoms with van der Waals surface area (Å²) in [5, 5.41) is 11.0. The summed E-state index contributed by atoms with van der Waals surface area (Å²) in [6.45, 7) is 18.2. The number of ether oxygens (including phenoxy) is 1. The first-order chi connectivity index (χ1) is 18.6. The highest BCUT2D eigenvalue weighted by atomic mass is 16.5. The molecule has 1 amide bonds. The van der Waals surface area contributed by atoms with Crippen LogP contribution in [-0.4, -0.2) is 48.2 Å². The average molecular weight is 554 g/mol. The summed E-state index contributed by atoms with van der Waals surface area (Å²) in [7, 11) is 1.44. The molecule has 0 radical (unpaired) electrons. The molecular formula is C35H55NO4. The Hall–Kier alpha value is -1.36. The lowest BCUT2D eigenvalue weighted by Gasteiger charge is -2.71. The molecule has 0 aromatic carbocycles. The first kappa shape index (κ1) is 28.7. The molecular weight excluding hydrogens is 498 g/mol. The van der Waals surface area contributed by atoms with E-state index in [0.717, 1.165) is 51.4 Å². The van der Waals surface area contributed by atoms with Crippen LogP contribution in [0.5, 0.6) is 0 Å². The molecule has 0 unspecified atom stereocenters. The van der Waals surface area contributed by atoms with Gasteiger partial charge in [0.2, 0.25) is 5.91 Å². The maximum absolute atomic E-state index is 14.4. The normalized spacial score (nSPS) is 47.4. The van der Waals surface area contributed by atoms with E-state index in [1.807, 2.05) is 4.90 Å². The number of hydrogen-bond donors (Lipinski definition) is 1. The molecule has 1 heterocycles. The van der Waals surface area contributed by atoms with E-state index in [-0.39, 0.29) is 56.4 Å². The highest BCUT2D eigenvalue weighted by molar-refractivity contribution is 5.87. The third-order valence-corrected chi connectivity index (χ3v) is 14.7. The first-order valence-electron chi connectivity index (χ1n) is 16.3. The molecule has 5 aliphatic carbocycles. The summed E-state index contributed by atoms with van der Waals surface area (Å²) in [6, 6.07) is 0. The molecule has 5 nitrogen and oxygen atoms in total. The zero-order valence-corrected chi connectivity index (χ0v) is 26.6. The van der Waals surface area contributed by atoms with Crippen LogP contribution >= 0.6 is 0 Å². The number of likely N-dealkylation sites (tertiary alicyclic amines) is 1. The Morgan fingerprint density at radius 2 is 1.57 bits per heavy atom. The third kappa shape index (κ3) is 3.60. The molecule has 40 heavy (non-hydrogen) atoms. The van der Waals surface area contributed by atoms with Crippen LogP contribution in [0.3, 0.4) is 0 Å². The van der Waals surface area contributed by atoms with Crippen LogP contribution in [0, 0.1) is 56.2 Å². The molecule has 0 bridgehead atoms. The van der Waals surface area contributed by atoms with Gasteiger partial charge < -0.3 is 14.7 Å². The second-order valence-electron chi connectivity index (χ2n) is 17.2. The number of esters is 1. The van der Waals surface area contributed by atoms with Gasteiger partial charge >= 0.3 is 5.97 Å². The molecule has 6 aliphatic rings. The van der Waals surface area contributed by atoms with Crippen LogP contribution in [0.15, 0.2) is 11.6 Å². The van der Waals surface area contributed by atoms with Crippen molar-refractivity contribution in [1.82, 2.24) is 4.90 Å². The predicted molar refractivity (Wildman–Crippen MR) is 157 cm³/mol. The van der Waals surface area contributed by atoms with Gasteiger partial charge in [-0.05, 0) is 109 Å². The number of allylic oxidation sites excluding steroid dienone is 2. The van der Waals surface area contributed by atoms with Gasteiger partial charge in [0.25, 0.3) is 0 Å². The minimum Gasteiger partial charge on any atom is -0.469 e. The molecule has 1 N–H and O–H groups in total. The topological polar surface area (TPSA) is 66.8 Å². The summed E-state index contributed by atoms with van der Waals surface area (Å²) in [4.78, 5) is 28.5. The van der Waals surface area contributed by atoms with Crippen LogP contribution in [0.1, 0.15) is 113 Å². The third-order valence-electron chi connectivity index (χ3n) is 14.7. The van der Waals surface area contributed by atoms with Crippen molar-refractivity contribution in [2.24, 2.45) is 56.2 Å². The summed E-state index contributed by atoms with van der Waals surface area (Å²) >= 11 is 0. The lowest BCUT2D eigenvalue weighted by molar-refractivity contribution is -0.205. The van der Waals surface area contributed by atoms with Crippen molar-refractivity contribution < 1.29 is 19.4 Å². The number of aliphatic hydroxyl groups excluding tert-OH is 1. The fourth-order valence-corrected chi connectivity index (χ4v) is 11.9. The van der Waals surface area contributed by atoms with E-state index in [1.54, 1.807) is 5.57 Å². The quantitative estimate of drug-likeness (QED) is 0.302. The number of fused-ring (bicyclic) bond motifs is 7. The number of hydrogen-bond acceptors (Lipinski definition) is 4. The van der Waals surface area contributed by atoms with Gasteiger partial charge in [-0.1, -0.05) is 60.1 Å². The van der Waals surface area contributed by atoms with Crippen molar-refractivity contribution in [2.75, 3.05) is 20.2 Å². The van der Waals surface area contributed by atoms with Crippen molar-refractivity contribution in [2.45, 2.75) is 119 Å². The SMILES string of the molecule is COC(=O)C1CN(C(=O)[C@]23CCC(C)(C)C[C@H]2C2=CC[C@@H]4[C@@]5(C)CC[C@H](O)C(C)(C)[C@@H]5CC[C@@]4(C)[C@]2(C)CC3)C1. The maximum atomic E-state index is 14.4. The molecule has 6 rings (SSSR count). The Balaban J connectivity index is 1.37. The van der Waals surface area contributed by atoms with Crippen molar-refractivity contribution in [1.29, 1.82) is 0 Å². The summed E-state index contributed by atoms with van der Waals surface area (Å²) in [6.07, 6.45) is 13.2. The second-order valence-corrected chi connectivity index (χ2v) is 17.2. The molecule has 0 spiro atoms.